The average molecular weight is 311 g/mol. The Balaban J connectivity index is 2.81. The predicted molar refractivity (Wildman–Crippen MR) is 92.1 cm³/mol. The summed E-state index contributed by atoms with van der Waals surface area (Å²) in [5.41, 5.74) is 1.32. The van der Waals surface area contributed by atoms with Crippen LogP contribution in [0.15, 0.2) is 42.5 Å². The smallest absolute Gasteiger partial charge is 0.192 e. The van der Waals surface area contributed by atoms with Gasteiger partial charge in [0.15, 0.2) is 8.32 Å². The summed E-state index contributed by atoms with van der Waals surface area (Å²) in [5, 5.41) is 0. The van der Waals surface area contributed by atoms with Gasteiger partial charge in [-0.15, -0.1) is 11.6 Å². The van der Waals surface area contributed by atoms with Gasteiger partial charge in [0, 0.05) is 12.3 Å². The van der Waals surface area contributed by atoms with E-state index in [0.29, 0.717) is 5.88 Å². The molecule has 20 heavy (non-hydrogen) atoms. The van der Waals surface area contributed by atoms with E-state index in [0.717, 1.165) is 6.42 Å². The minimum absolute atomic E-state index is 0.155. The van der Waals surface area contributed by atoms with Gasteiger partial charge in [0.25, 0.3) is 0 Å². The average Bonchev–Trinajstić information content (AvgIpc) is 2.51. The van der Waals surface area contributed by atoms with Crippen LogP contribution in [0.5, 0.6) is 0 Å². The number of halogens is 1. The van der Waals surface area contributed by atoms with Crippen LogP contribution in [-0.4, -0.2) is 20.3 Å². The van der Waals surface area contributed by atoms with Crippen molar-refractivity contribution >= 4 is 19.9 Å². The Labute approximate surface area is 130 Å². The number of hydrogen-bond donors (Lipinski definition) is 0. The molecule has 0 aliphatic carbocycles. The topological polar surface area (TPSA) is 9.23 Å². The van der Waals surface area contributed by atoms with Gasteiger partial charge in [-0.2, -0.15) is 0 Å². The van der Waals surface area contributed by atoms with Crippen molar-refractivity contribution < 1.29 is 4.43 Å². The summed E-state index contributed by atoms with van der Waals surface area (Å²) < 4.78 is 6.59. The third-order valence-electron chi connectivity index (χ3n) is 4.05. The van der Waals surface area contributed by atoms with E-state index < -0.39 is 8.32 Å². The Kier molecular flexibility index (Phi) is 8.20. The van der Waals surface area contributed by atoms with Gasteiger partial charge in [-0.25, -0.2) is 0 Å². The molecule has 0 saturated heterocycles. The van der Waals surface area contributed by atoms with Gasteiger partial charge in [0.1, 0.15) is 0 Å². The summed E-state index contributed by atoms with van der Waals surface area (Å²) >= 11 is 5.79. The van der Waals surface area contributed by atoms with Gasteiger partial charge in [-0.1, -0.05) is 63.3 Å². The molecular formula is C17H27ClOSi. The van der Waals surface area contributed by atoms with Crippen LogP contribution in [0.3, 0.4) is 0 Å². The molecule has 1 atom stereocenters. The fourth-order valence-electron chi connectivity index (χ4n) is 2.52. The Morgan fingerprint density at radius 2 is 1.70 bits per heavy atom. The van der Waals surface area contributed by atoms with Crippen LogP contribution in [0.4, 0.5) is 0 Å². The monoisotopic (exact) mass is 310 g/mol. The highest BCUT2D eigenvalue weighted by Gasteiger charge is 2.31. The van der Waals surface area contributed by atoms with Crippen molar-refractivity contribution in [3.63, 3.8) is 0 Å². The van der Waals surface area contributed by atoms with Crippen molar-refractivity contribution in [1.29, 1.82) is 0 Å². The summed E-state index contributed by atoms with van der Waals surface area (Å²) in [4.78, 5) is 0. The van der Waals surface area contributed by atoms with Crippen molar-refractivity contribution in [2.24, 2.45) is 0 Å². The first-order chi connectivity index (χ1) is 9.69. The normalized spacial score (nSPS) is 13.8. The molecule has 0 bridgehead atoms. The van der Waals surface area contributed by atoms with Crippen LogP contribution in [-0.2, 0) is 10.8 Å². The third-order valence-corrected chi connectivity index (χ3v) is 8.90. The number of allylic oxidation sites excluding steroid dienone is 1. The molecule has 1 unspecified atom stereocenters. The number of benzene rings is 1. The van der Waals surface area contributed by atoms with Gasteiger partial charge in [-0.05, 0) is 23.7 Å². The van der Waals surface area contributed by atoms with Crippen LogP contribution in [0.25, 0.3) is 0 Å². The van der Waals surface area contributed by atoms with E-state index >= 15 is 0 Å². The maximum atomic E-state index is 6.59. The van der Waals surface area contributed by atoms with Gasteiger partial charge >= 0.3 is 0 Å². The van der Waals surface area contributed by atoms with Crippen LogP contribution >= 0.6 is 11.6 Å². The zero-order valence-corrected chi connectivity index (χ0v) is 14.7. The molecule has 1 aromatic carbocycles. The molecule has 0 aliphatic rings. The van der Waals surface area contributed by atoms with E-state index in [1.807, 2.05) is 6.08 Å². The molecule has 0 spiro atoms. The van der Waals surface area contributed by atoms with Crippen molar-refractivity contribution in [2.45, 2.75) is 51.4 Å². The van der Waals surface area contributed by atoms with Crippen LogP contribution in [0.2, 0.25) is 18.1 Å². The lowest BCUT2D eigenvalue weighted by Gasteiger charge is -2.32. The maximum Gasteiger partial charge on any atom is 0.192 e. The first-order valence-electron chi connectivity index (χ1n) is 7.64. The van der Waals surface area contributed by atoms with E-state index in [9.17, 15) is 0 Å². The molecule has 0 radical (unpaired) electrons. The van der Waals surface area contributed by atoms with Gasteiger partial charge in [-0.3, -0.25) is 0 Å². The SMILES string of the molecule is CC[Si](CC)(CC)OC(/C=C/CCl)Cc1ccccc1. The Morgan fingerprint density at radius 1 is 1.10 bits per heavy atom. The largest absolute Gasteiger partial charge is 0.410 e. The fraction of sp³-hybridized carbons (Fsp3) is 0.529. The molecule has 0 aromatic heterocycles. The molecule has 0 aliphatic heterocycles. The van der Waals surface area contributed by atoms with E-state index in [1.165, 1.54) is 23.7 Å². The highest BCUT2D eigenvalue weighted by atomic mass is 35.5. The lowest BCUT2D eigenvalue weighted by Crippen LogP contribution is -2.40. The number of hydrogen-bond acceptors (Lipinski definition) is 1. The van der Waals surface area contributed by atoms with Crippen LogP contribution in [0, 0.1) is 0 Å². The van der Waals surface area contributed by atoms with Gasteiger partial charge in [0.05, 0.1) is 6.10 Å². The first-order valence-corrected chi connectivity index (χ1v) is 10.7. The fourth-order valence-corrected chi connectivity index (χ4v) is 5.43. The minimum Gasteiger partial charge on any atom is -0.410 e. The molecule has 1 aromatic rings. The van der Waals surface area contributed by atoms with Crippen molar-refractivity contribution in [3.05, 3.63) is 48.0 Å². The summed E-state index contributed by atoms with van der Waals surface area (Å²) in [5.74, 6) is 0.549. The summed E-state index contributed by atoms with van der Waals surface area (Å²) in [6.45, 7) is 6.80. The van der Waals surface area contributed by atoms with Crippen molar-refractivity contribution in [2.75, 3.05) is 5.88 Å². The second-order valence-electron chi connectivity index (χ2n) is 5.17. The molecule has 0 N–H and O–H groups in total. The molecule has 1 rings (SSSR count). The summed E-state index contributed by atoms with van der Waals surface area (Å²) in [7, 11) is -1.58. The molecule has 1 nitrogen and oxygen atoms in total. The highest BCUT2D eigenvalue weighted by molar-refractivity contribution is 6.73. The zero-order chi connectivity index (χ0) is 14.8. The zero-order valence-electron chi connectivity index (χ0n) is 12.9. The third kappa shape index (κ3) is 5.43. The van der Waals surface area contributed by atoms with Crippen molar-refractivity contribution in [1.82, 2.24) is 0 Å². The number of rotatable bonds is 9. The van der Waals surface area contributed by atoms with Crippen LogP contribution < -0.4 is 0 Å². The molecule has 112 valence electrons. The molecule has 0 heterocycles. The van der Waals surface area contributed by atoms with E-state index in [2.05, 4.69) is 57.2 Å². The highest BCUT2D eigenvalue weighted by Crippen LogP contribution is 2.25. The molecule has 0 amide bonds. The minimum atomic E-state index is -1.58. The summed E-state index contributed by atoms with van der Waals surface area (Å²) in [6.07, 6.45) is 5.24. The molecular weight excluding hydrogens is 284 g/mol. The molecule has 0 saturated carbocycles. The van der Waals surface area contributed by atoms with E-state index in [1.54, 1.807) is 0 Å². The number of alkyl halides is 1. The van der Waals surface area contributed by atoms with E-state index in [4.69, 9.17) is 16.0 Å². The lowest BCUT2D eigenvalue weighted by atomic mass is 10.1. The van der Waals surface area contributed by atoms with Crippen molar-refractivity contribution in [3.8, 4) is 0 Å². The quantitative estimate of drug-likeness (QED) is 0.336. The molecule has 3 heteroatoms. The second kappa shape index (κ2) is 9.38. The maximum absolute atomic E-state index is 6.59. The first kappa shape index (κ1) is 17.5. The standard InChI is InChI=1S/C17H27ClOSi/c1-4-20(5-2,6-3)19-17(13-10-14-18)15-16-11-8-7-9-12-16/h7-13,17H,4-6,14-15H2,1-3H3/b13-10+. The van der Waals surface area contributed by atoms with Crippen LogP contribution in [0.1, 0.15) is 26.3 Å². The Bertz CT molecular complexity index is 379. The Hall–Kier alpha value is -0.573. The van der Waals surface area contributed by atoms with E-state index in [-0.39, 0.29) is 6.10 Å². The van der Waals surface area contributed by atoms with Gasteiger partial charge < -0.3 is 4.43 Å². The second-order valence-corrected chi connectivity index (χ2v) is 10.2. The molecule has 0 fully saturated rings. The summed E-state index contributed by atoms with van der Waals surface area (Å²) in [6, 6.07) is 14.1. The Morgan fingerprint density at radius 3 is 2.20 bits per heavy atom. The van der Waals surface area contributed by atoms with Gasteiger partial charge in [0.2, 0.25) is 0 Å². The predicted octanol–water partition coefficient (Wildman–Crippen LogP) is 5.41. The lowest BCUT2D eigenvalue weighted by molar-refractivity contribution is 0.233.